The number of nitrogens with one attached hydrogen (secondary N) is 1. The number of anilines is 1. The quantitative estimate of drug-likeness (QED) is 0.781. The van der Waals surface area contributed by atoms with Crippen LogP contribution in [0.1, 0.15) is 12.8 Å². The molecule has 2 nitrogen and oxygen atoms in total. The molecule has 17 heavy (non-hydrogen) atoms. The summed E-state index contributed by atoms with van der Waals surface area (Å²) in [6, 6.07) is 11.4. The summed E-state index contributed by atoms with van der Waals surface area (Å²) in [6.07, 6.45) is 2.56. The van der Waals surface area contributed by atoms with E-state index in [1.54, 1.807) is 0 Å². The number of rotatable bonds is 6. The maximum absolute atomic E-state index is 3.64. The summed E-state index contributed by atoms with van der Waals surface area (Å²) in [5.74, 6) is 2.64. The summed E-state index contributed by atoms with van der Waals surface area (Å²) >= 11 is 2.07. The predicted octanol–water partition coefficient (Wildman–Crippen LogP) is 2.61. The van der Waals surface area contributed by atoms with Gasteiger partial charge in [-0.25, -0.2) is 0 Å². The molecular weight excluding hydrogens is 228 g/mol. The van der Waals surface area contributed by atoms with E-state index in [1.165, 1.54) is 30.0 Å². The van der Waals surface area contributed by atoms with Crippen LogP contribution in [-0.2, 0) is 0 Å². The molecule has 0 radical (unpaired) electrons. The molecule has 3 heteroatoms. The molecule has 0 bridgehead atoms. The minimum atomic E-state index is 0.766. The molecular formula is C14H22N2S. The third-order valence-electron chi connectivity index (χ3n) is 3.23. The van der Waals surface area contributed by atoms with E-state index in [4.69, 9.17) is 0 Å². The number of nitrogens with zero attached hydrogens (tertiary/aromatic N) is 1. The van der Waals surface area contributed by atoms with Gasteiger partial charge in [-0.3, -0.25) is 0 Å². The number of hydrogen-bond donors (Lipinski definition) is 1. The van der Waals surface area contributed by atoms with Gasteiger partial charge in [0.05, 0.1) is 0 Å². The van der Waals surface area contributed by atoms with Gasteiger partial charge in [0.15, 0.2) is 0 Å². The molecule has 94 valence electrons. The molecule has 1 atom stereocenters. The molecule has 0 amide bonds. The van der Waals surface area contributed by atoms with Crippen molar-refractivity contribution >= 4 is 17.4 Å². The van der Waals surface area contributed by atoms with E-state index < -0.39 is 0 Å². The maximum atomic E-state index is 3.64. The summed E-state index contributed by atoms with van der Waals surface area (Å²) in [7, 11) is 2.17. The van der Waals surface area contributed by atoms with Crippen LogP contribution in [0.15, 0.2) is 30.3 Å². The Morgan fingerprint density at radius 1 is 1.35 bits per heavy atom. The predicted molar refractivity (Wildman–Crippen MR) is 78.1 cm³/mol. The van der Waals surface area contributed by atoms with Gasteiger partial charge in [-0.05, 0) is 37.3 Å². The molecule has 1 aliphatic rings. The lowest BCUT2D eigenvalue weighted by atomic mass is 10.2. The zero-order valence-corrected chi connectivity index (χ0v) is 11.4. The molecule has 1 aliphatic heterocycles. The Kier molecular flexibility index (Phi) is 5.20. The van der Waals surface area contributed by atoms with Gasteiger partial charge < -0.3 is 10.2 Å². The van der Waals surface area contributed by atoms with Gasteiger partial charge in [0, 0.05) is 31.1 Å². The highest BCUT2D eigenvalue weighted by atomic mass is 32.2. The van der Waals surface area contributed by atoms with E-state index in [9.17, 15) is 0 Å². The SMILES string of the molecule is CN(CCCNC1CCSC1)c1ccccc1. The Hall–Kier alpha value is -0.670. The lowest BCUT2D eigenvalue weighted by Crippen LogP contribution is -2.31. The second-order valence-electron chi connectivity index (χ2n) is 4.63. The van der Waals surface area contributed by atoms with Gasteiger partial charge in [-0.15, -0.1) is 0 Å². The average Bonchev–Trinajstić information content (AvgIpc) is 2.88. The van der Waals surface area contributed by atoms with Crippen molar-refractivity contribution in [1.29, 1.82) is 0 Å². The number of para-hydroxylation sites is 1. The lowest BCUT2D eigenvalue weighted by molar-refractivity contribution is 0.545. The first-order valence-electron chi connectivity index (χ1n) is 6.43. The van der Waals surface area contributed by atoms with Crippen LogP contribution in [0.3, 0.4) is 0 Å². The van der Waals surface area contributed by atoms with Crippen molar-refractivity contribution in [3.63, 3.8) is 0 Å². The van der Waals surface area contributed by atoms with E-state index in [0.717, 1.165) is 19.1 Å². The highest BCUT2D eigenvalue weighted by Gasteiger charge is 2.13. The highest BCUT2D eigenvalue weighted by molar-refractivity contribution is 7.99. The average molecular weight is 250 g/mol. The first-order chi connectivity index (χ1) is 8.36. The molecule has 0 spiro atoms. The van der Waals surface area contributed by atoms with Crippen molar-refractivity contribution in [2.24, 2.45) is 0 Å². The highest BCUT2D eigenvalue weighted by Crippen LogP contribution is 2.17. The van der Waals surface area contributed by atoms with Crippen molar-refractivity contribution in [2.75, 3.05) is 36.5 Å². The summed E-state index contributed by atoms with van der Waals surface area (Å²) in [4.78, 5) is 2.32. The summed E-state index contributed by atoms with van der Waals surface area (Å²) < 4.78 is 0. The fraction of sp³-hybridized carbons (Fsp3) is 0.571. The molecule has 1 aromatic carbocycles. The Labute approximate surface area is 109 Å². The second-order valence-corrected chi connectivity index (χ2v) is 5.78. The first kappa shape index (κ1) is 12.8. The van der Waals surface area contributed by atoms with Crippen molar-refractivity contribution in [3.05, 3.63) is 30.3 Å². The molecule has 0 saturated carbocycles. The third-order valence-corrected chi connectivity index (χ3v) is 4.39. The van der Waals surface area contributed by atoms with Gasteiger partial charge in [0.1, 0.15) is 0 Å². The molecule has 0 aromatic heterocycles. The van der Waals surface area contributed by atoms with Crippen molar-refractivity contribution in [3.8, 4) is 0 Å². The number of thioether (sulfide) groups is 1. The number of hydrogen-bond acceptors (Lipinski definition) is 3. The second kappa shape index (κ2) is 6.92. The molecule has 1 aromatic rings. The normalized spacial score (nSPS) is 19.5. The summed E-state index contributed by atoms with van der Waals surface area (Å²) in [5.41, 5.74) is 1.31. The smallest absolute Gasteiger partial charge is 0.0363 e. The van der Waals surface area contributed by atoms with E-state index in [0.29, 0.717) is 0 Å². The van der Waals surface area contributed by atoms with Gasteiger partial charge in [-0.2, -0.15) is 11.8 Å². The van der Waals surface area contributed by atoms with Gasteiger partial charge in [-0.1, -0.05) is 18.2 Å². The first-order valence-corrected chi connectivity index (χ1v) is 7.59. The van der Waals surface area contributed by atoms with E-state index in [-0.39, 0.29) is 0 Å². The topological polar surface area (TPSA) is 15.3 Å². The van der Waals surface area contributed by atoms with Crippen LogP contribution in [0.4, 0.5) is 5.69 Å². The van der Waals surface area contributed by atoms with E-state index in [1.807, 2.05) is 0 Å². The van der Waals surface area contributed by atoms with Gasteiger partial charge >= 0.3 is 0 Å². The molecule has 1 saturated heterocycles. The minimum absolute atomic E-state index is 0.766. The Morgan fingerprint density at radius 3 is 2.88 bits per heavy atom. The summed E-state index contributed by atoms with van der Waals surface area (Å²) in [5, 5.41) is 3.64. The molecule has 1 unspecified atom stereocenters. The van der Waals surface area contributed by atoms with Crippen molar-refractivity contribution in [1.82, 2.24) is 5.32 Å². The van der Waals surface area contributed by atoms with Gasteiger partial charge in [0.25, 0.3) is 0 Å². The van der Waals surface area contributed by atoms with Crippen LogP contribution >= 0.6 is 11.8 Å². The van der Waals surface area contributed by atoms with Crippen LogP contribution in [0.5, 0.6) is 0 Å². The van der Waals surface area contributed by atoms with Crippen LogP contribution in [-0.4, -0.2) is 37.7 Å². The standard InChI is InChI=1S/C14H22N2S/c1-16(14-6-3-2-4-7-14)10-5-9-15-13-8-11-17-12-13/h2-4,6-7,13,15H,5,8-12H2,1H3. The fourth-order valence-electron chi connectivity index (χ4n) is 2.13. The fourth-order valence-corrected chi connectivity index (χ4v) is 3.32. The van der Waals surface area contributed by atoms with Crippen molar-refractivity contribution in [2.45, 2.75) is 18.9 Å². The summed E-state index contributed by atoms with van der Waals surface area (Å²) in [6.45, 7) is 2.26. The molecule has 1 fully saturated rings. The maximum Gasteiger partial charge on any atom is 0.0363 e. The largest absolute Gasteiger partial charge is 0.375 e. The molecule has 0 aliphatic carbocycles. The van der Waals surface area contributed by atoms with Crippen molar-refractivity contribution < 1.29 is 0 Å². The Balaban J connectivity index is 1.61. The molecule has 1 heterocycles. The molecule has 1 N–H and O–H groups in total. The van der Waals surface area contributed by atoms with Crippen LogP contribution in [0.2, 0.25) is 0 Å². The number of benzene rings is 1. The third kappa shape index (κ3) is 4.25. The minimum Gasteiger partial charge on any atom is -0.375 e. The zero-order chi connectivity index (χ0) is 11.9. The van der Waals surface area contributed by atoms with E-state index >= 15 is 0 Å². The lowest BCUT2D eigenvalue weighted by Gasteiger charge is -2.20. The Morgan fingerprint density at radius 2 is 2.18 bits per heavy atom. The van der Waals surface area contributed by atoms with Crippen LogP contribution < -0.4 is 10.2 Å². The molecule has 2 rings (SSSR count). The Bertz CT molecular complexity index is 309. The monoisotopic (exact) mass is 250 g/mol. The van der Waals surface area contributed by atoms with Crippen LogP contribution in [0, 0.1) is 0 Å². The zero-order valence-electron chi connectivity index (χ0n) is 10.6. The van der Waals surface area contributed by atoms with E-state index in [2.05, 4.69) is 59.4 Å². The van der Waals surface area contributed by atoms with Crippen LogP contribution in [0.25, 0.3) is 0 Å². The van der Waals surface area contributed by atoms with Gasteiger partial charge in [0.2, 0.25) is 0 Å².